The van der Waals surface area contributed by atoms with Gasteiger partial charge in [0, 0.05) is 13.0 Å². The van der Waals surface area contributed by atoms with Crippen LogP contribution in [0.15, 0.2) is 42.5 Å². The second-order valence-electron chi connectivity index (χ2n) is 10.4. The third-order valence-electron chi connectivity index (χ3n) is 5.98. The Morgan fingerprint density at radius 3 is 2.32 bits per heavy atom. The van der Waals surface area contributed by atoms with Gasteiger partial charge in [-0.25, -0.2) is 0 Å². The highest BCUT2D eigenvalue weighted by Crippen LogP contribution is 2.17. The van der Waals surface area contributed by atoms with E-state index in [-0.39, 0.29) is 18.7 Å². The minimum atomic E-state index is -0.810. The van der Waals surface area contributed by atoms with Gasteiger partial charge >= 0.3 is 11.9 Å². The van der Waals surface area contributed by atoms with Crippen molar-refractivity contribution in [1.29, 1.82) is 0 Å². The maximum atomic E-state index is 12.8. The fraction of sp³-hybridized carbons (Fsp3) is 0.517. The van der Waals surface area contributed by atoms with Crippen molar-refractivity contribution in [3.63, 3.8) is 0 Å². The molecule has 0 saturated heterocycles. The van der Waals surface area contributed by atoms with Crippen LogP contribution in [0.4, 0.5) is 0 Å². The summed E-state index contributed by atoms with van der Waals surface area (Å²) in [6.07, 6.45) is 3.07. The predicted molar refractivity (Wildman–Crippen MR) is 146 cm³/mol. The predicted octanol–water partition coefficient (Wildman–Crippen LogP) is 2.82. The Balaban J connectivity index is 1.86. The van der Waals surface area contributed by atoms with E-state index in [1.807, 2.05) is 42.5 Å². The summed E-state index contributed by atoms with van der Waals surface area (Å²) >= 11 is 0. The molecule has 0 aromatic heterocycles. The lowest BCUT2D eigenvalue weighted by Crippen LogP contribution is -2.49. The van der Waals surface area contributed by atoms with E-state index in [2.05, 4.69) is 10.6 Å². The number of amides is 1. The van der Waals surface area contributed by atoms with Gasteiger partial charge in [-0.2, -0.15) is 0 Å². The molecule has 3 unspecified atom stereocenters. The molecule has 0 heterocycles. The molecule has 9 nitrogen and oxygen atoms in total. The lowest BCUT2D eigenvalue weighted by Gasteiger charge is -2.27. The van der Waals surface area contributed by atoms with Crippen LogP contribution in [-0.2, 0) is 35.1 Å². The Hall–Kier alpha value is -3.30. The van der Waals surface area contributed by atoms with Crippen molar-refractivity contribution in [1.82, 2.24) is 10.6 Å². The lowest BCUT2D eigenvalue weighted by molar-refractivity contribution is -0.158. The van der Waals surface area contributed by atoms with Gasteiger partial charge in [0.05, 0.1) is 13.2 Å². The van der Waals surface area contributed by atoms with Gasteiger partial charge < -0.3 is 25.3 Å². The molecule has 0 aliphatic heterocycles. The maximum Gasteiger partial charge on any atom is 0.323 e. The highest BCUT2D eigenvalue weighted by molar-refractivity contribution is 5.84. The highest BCUT2D eigenvalue weighted by Gasteiger charge is 2.30. The molecule has 2 aromatic carbocycles. The zero-order valence-electron chi connectivity index (χ0n) is 22.8. The van der Waals surface area contributed by atoms with E-state index in [9.17, 15) is 19.2 Å². The van der Waals surface area contributed by atoms with E-state index >= 15 is 0 Å². The summed E-state index contributed by atoms with van der Waals surface area (Å²) in [5.41, 5.74) is 6.43. The van der Waals surface area contributed by atoms with Crippen LogP contribution in [0.25, 0.3) is 10.8 Å². The minimum Gasteiger partial charge on any atom is -0.468 e. The summed E-state index contributed by atoms with van der Waals surface area (Å²) in [5, 5.41) is 8.11. The molecule has 0 fully saturated rings. The van der Waals surface area contributed by atoms with Crippen molar-refractivity contribution in [2.75, 3.05) is 13.7 Å². The van der Waals surface area contributed by atoms with Crippen LogP contribution in [0.3, 0.4) is 0 Å². The number of ether oxygens (including phenoxy) is 2. The van der Waals surface area contributed by atoms with Crippen LogP contribution in [0.5, 0.6) is 0 Å². The summed E-state index contributed by atoms with van der Waals surface area (Å²) < 4.78 is 10.3. The molecule has 2 rings (SSSR count). The Labute approximate surface area is 224 Å². The minimum absolute atomic E-state index is 0.152. The number of hydrogen-bond donors (Lipinski definition) is 3. The Morgan fingerprint density at radius 2 is 1.66 bits per heavy atom. The van der Waals surface area contributed by atoms with Crippen LogP contribution >= 0.6 is 0 Å². The van der Waals surface area contributed by atoms with Crippen LogP contribution in [0.2, 0.25) is 0 Å². The third kappa shape index (κ3) is 10.6. The molecule has 9 heteroatoms. The fourth-order valence-electron chi connectivity index (χ4n) is 4.06. The molecule has 0 bridgehead atoms. The number of carbonyl (C=O) groups excluding carboxylic acids is 4. The second-order valence-corrected chi connectivity index (χ2v) is 10.4. The van der Waals surface area contributed by atoms with Crippen LogP contribution in [0, 0.1) is 0 Å². The molecule has 4 N–H and O–H groups in total. The number of unbranched alkanes of at least 4 members (excludes halogenated alkanes) is 1. The molecular formula is C29H41N3O6. The molecular weight excluding hydrogens is 486 g/mol. The first-order valence-corrected chi connectivity index (χ1v) is 13.1. The van der Waals surface area contributed by atoms with E-state index in [1.165, 1.54) is 7.11 Å². The first kappa shape index (κ1) is 30.9. The molecule has 2 aromatic rings. The van der Waals surface area contributed by atoms with Gasteiger partial charge in [-0.05, 0) is 69.2 Å². The largest absolute Gasteiger partial charge is 0.468 e. The van der Waals surface area contributed by atoms with E-state index in [4.69, 9.17) is 15.2 Å². The van der Waals surface area contributed by atoms with Crippen LogP contribution < -0.4 is 16.4 Å². The number of nitrogens with one attached hydrogen (secondary N) is 2. The molecule has 3 atom stereocenters. The fourth-order valence-corrected chi connectivity index (χ4v) is 4.06. The normalized spacial score (nSPS) is 13.8. The third-order valence-corrected chi connectivity index (χ3v) is 5.98. The van der Waals surface area contributed by atoms with E-state index in [0.29, 0.717) is 38.5 Å². The Morgan fingerprint density at radius 1 is 0.974 bits per heavy atom. The number of rotatable bonds is 15. The average molecular weight is 528 g/mol. The van der Waals surface area contributed by atoms with Crippen LogP contribution in [0.1, 0.15) is 58.4 Å². The molecule has 0 saturated carbocycles. The van der Waals surface area contributed by atoms with E-state index in [1.54, 1.807) is 20.8 Å². The molecule has 38 heavy (non-hydrogen) atoms. The zero-order valence-corrected chi connectivity index (χ0v) is 22.8. The summed E-state index contributed by atoms with van der Waals surface area (Å²) in [7, 11) is 1.26. The molecule has 208 valence electrons. The quantitative estimate of drug-likeness (QED) is 0.183. The number of methoxy groups -OCH3 is 1. The summed E-state index contributed by atoms with van der Waals surface area (Å²) in [5.74, 6) is -1.27. The standard InChI is InChI=1S/C29H41N3O6/c1-29(2,3)38-28(36)25(32-24(13-9-17-33)27(35)37-4)12-7-8-16-31-26(34)23(30)19-20-14-15-21-10-5-6-11-22(21)18-20/h5-6,10-11,14-15,17-18,23-25,32H,7-9,12-13,16,19,30H2,1-4H3,(H,31,34). The molecule has 1 amide bonds. The summed E-state index contributed by atoms with van der Waals surface area (Å²) in [6.45, 7) is 5.70. The number of aldehydes is 1. The smallest absolute Gasteiger partial charge is 0.323 e. The number of carbonyl (C=O) groups is 4. The van der Waals surface area contributed by atoms with Gasteiger partial charge in [-0.1, -0.05) is 42.5 Å². The first-order valence-electron chi connectivity index (χ1n) is 13.1. The maximum absolute atomic E-state index is 12.8. The Kier molecular flexibility index (Phi) is 12.4. The van der Waals surface area contributed by atoms with Crippen molar-refractivity contribution in [3.05, 3.63) is 48.0 Å². The van der Waals surface area contributed by atoms with Crippen molar-refractivity contribution >= 4 is 34.9 Å². The van der Waals surface area contributed by atoms with E-state index in [0.717, 1.165) is 16.3 Å². The second kappa shape index (κ2) is 15.2. The number of benzene rings is 2. The molecule has 0 spiro atoms. The average Bonchev–Trinajstić information content (AvgIpc) is 2.87. The lowest BCUT2D eigenvalue weighted by atomic mass is 10.0. The monoisotopic (exact) mass is 527 g/mol. The SMILES string of the molecule is COC(=O)C(CCC=O)NC(CCCCNC(=O)C(N)Cc1ccc2ccccc2c1)C(=O)OC(C)(C)C. The van der Waals surface area contributed by atoms with Crippen molar-refractivity contribution in [2.45, 2.75) is 83.0 Å². The van der Waals surface area contributed by atoms with Gasteiger partial charge in [0.15, 0.2) is 0 Å². The number of nitrogens with two attached hydrogens (primary N) is 1. The van der Waals surface area contributed by atoms with Gasteiger partial charge in [-0.15, -0.1) is 0 Å². The number of fused-ring (bicyclic) bond motifs is 1. The Bertz CT molecular complexity index is 1080. The van der Waals surface area contributed by atoms with Gasteiger partial charge in [0.25, 0.3) is 0 Å². The van der Waals surface area contributed by atoms with Gasteiger partial charge in [-0.3, -0.25) is 19.7 Å². The highest BCUT2D eigenvalue weighted by atomic mass is 16.6. The van der Waals surface area contributed by atoms with Gasteiger partial charge in [0.1, 0.15) is 24.0 Å². The topological polar surface area (TPSA) is 137 Å². The summed E-state index contributed by atoms with van der Waals surface area (Å²) in [6, 6.07) is 11.8. The van der Waals surface area contributed by atoms with Crippen LogP contribution in [-0.4, -0.2) is 61.5 Å². The van der Waals surface area contributed by atoms with Crippen molar-refractivity contribution in [2.24, 2.45) is 5.73 Å². The molecule has 0 aliphatic carbocycles. The number of esters is 2. The first-order chi connectivity index (χ1) is 18.0. The molecule has 0 aliphatic rings. The van der Waals surface area contributed by atoms with Crippen molar-refractivity contribution in [3.8, 4) is 0 Å². The number of hydrogen-bond acceptors (Lipinski definition) is 8. The van der Waals surface area contributed by atoms with Crippen molar-refractivity contribution < 1.29 is 28.7 Å². The van der Waals surface area contributed by atoms with E-state index < -0.39 is 35.7 Å². The summed E-state index contributed by atoms with van der Waals surface area (Å²) in [4.78, 5) is 48.3. The molecule has 0 radical (unpaired) electrons. The van der Waals surface area contributed by atoms with Gasteiger partial charge in [0.2, 0.25) is 5.91 Å². The zero-order chi connectivity index (χ0) is 28.1.